The monoisotopic (exact) mass is 251 g/mol. The lowest BCUT2D eigenvalue weighted by Gasteiger charge is -2.06. The van der Waals surface area contributed by atoms with E-state index >= 15 is 0 Å². The van der Waals surface area contributed by atoms with Crippen molar-refractivity contribution in [2.45, 2.75) is 5.92 Å². The zero-order valence-electron chi connectivity index (χ0n) is 8.46. The number of carbonyl (C=O) groups excluding carboxylic acids is 2. The van der Waals surface area contributed by atoms with Gasteiger partial charge in [0.2, 0.25) is 0 Å². The molecule has 1 aromatic heterocycles. The van der Waals surface area contributed by atoms with Crippen molar-refractivity contribution in [1.82, 2.24) is 4.57 Å². The molecular formula is C9H8ClF2NO3. The van der Waals surface area contributed by atoms with E-state index in [0.717, 1.165) is 17.9 Å². The van der Waals surface area contributed by atoms with E-state index in [2.05, 4.69) is 4.74 Å². The molecule has 0 unspecified atom stereocenters. The van der Waals surface area contributed by atoms with Crippen molar-refractivity contribution in [2.75, 3.05) is 7.11 Å². The molecule has 0 aliphatic rings. The quantitative estimate of drug-likeness (QED) is 0.607. The lowest BCUT2D eigenvalue weighted by Crippen LogP contribution is -2.14. The third kappa shape index (κ3) is 1.92. The van der Waals surface area contributed by atoms with Gasteiger partial charge in [-0.15, -0.1) is 0 Å². The number of aryl methyl sites for hydroxylation is 1. The predicted molar refractivity (Wildman–Crippen MR) is 51.7 cm³/mol. The van der Waals surface area contributed by atoms with Gasteiger partial charge in [0.05, 0.1) is 17.7 Å². The van der Waals surface area contributed by atoms with E-state index < -0.39 is 28.8 Å². The van der Waals surface area contributed by atoms with Crippen LogP contribution in [0.25, 0.3) is 0 Å². The Hall–Kier alpha value is -1.43. The fourth-order valence-corrected chi connectivity index (χ4v) is 1.61. The van der Waals surface area contributed by atoms with Gasteiger partial charge in [-0.1, -0.05) is 11.6 Å². The molecule has 0 amide bonds. The summed E-state index contributed by atoms with van der Waals surface area (Å²) in [6.45, 7) is 0. The van der Waals surface area contributed by atoms with Crippen molar-refractivity contribution in [3.8, 4) is 0 Å². The molecule has 0 atom stereocenters. The van der Waals surface area contributed by atoms with Crippen LogP contribution in [0.15, 0.2) is 6.20 Å². The molecule has 0 aromatic carbocycles. The van der Waals surface area contributed by atoms with Crippen LogP contribution in [-0.2, 0) is 22.5 Å². The number of rotatable bonds is 3. The number of nitrogens with zero attached hydrogens (tertiary/aromatic N) is 1. The molecule has 0 aliphatic heterocycles. The van der Waals surface area contributed by atoms with E-state index in [1.54, 1.807) is 0 Å². The van der Waals surface area contributed by atoms with Gasteiger partial charge >= 0.3 is 11.9 Å². The fourth-order valence-electron chi connectivity index (χ4n) is 1.22. The minimum atomic E-state index is -3.72. The van der Waals surface area contributed by atoms with Crippen LogP contribution in [0.2, 0.25) is 5.02 Å². The van der Waals surface area contributed by atoms with Crippen molar-refractivity contribution >= 4 is 23.9 Å². The number of aldehydes is 1. The average Bonchev–Trinajstić information content (AvgIpc) is 2.54. The van der Waals surface area contributed by atoms with Crippen LogP contribution >= 0.6 is 11.6 Å². The molecule has 0 bridgehead atoms. The summed E-state index contributed by atoms with van der Waals surface area (Å²) in [6.07, 6.45) is 0.387. The number of halogens is 3. The van der Waals surface area contributed by atoms with E-state index in [1.165, 1.54) is 7.05 Å². The van der Waals surface area contributed by atoms with Crippen LogP contribution in [0.1, 0.15) is 16.1 Å². The first-order valence-corrected chi connectivity index (χ1v) is 4.50. The minimum absolute atomic E-state index is 0.222. The summed E-state index contributed by atoms with van der Waals surface area (Å²) in [5.74, 6) is -4.57. The Bertz CT molecular complexity index is 442. The van der Waals surface area contributed by atoms with E-state index in [1.807, 2.05) is 0 Å². The second kappa shape index (κ2) is 4.21. The van der Waals surface area contributed by atoms with Crippen molar-refractivity contribution < 1.29 is 23.1 Å². The first-order valence-electron chi connectivity index (χ1n) is 4.13. The summed E-state index contributed by atoms with van der Waals surface area (Å²) in [4.78, 5) is 21.4. The first kappa shape index (κ1) is 12.6. The number of hydrogen-bond donors (Lipinski definition) is 0. The minimum Gasteiger partial charge on any atom is -0.464 e. The van der Waals surface area contributed by atoms with Crippen LogP contribution in [0.4, 0.5) is 8.78 Å². The number of carbonyl (C=O) groups is 2. The standard InChI is InChI=1S/C9H8ClF2NO3/c1-13-3-5(9(11,12)4-14)6(10)7(13)8(15)16-2/h3-4H,1-2H3. The van der Waals surface area contributed by atoms with Gasteiger partial charge in [-0.05, 0) is 0 Å². The second-order valence-electron chi connectivity index (χ2n) is 3.05. The van der Waals surface area contributed by atoms with Gasteiger partial charge in [-0.3, -0.25) is 4.79 Å². The van der Waals surface area contributed by atoms with Crippen LogP contribution in [0, 0.1) is 0 Å². The maximum absolute atomic E-state index is 13.1. The Morgan fingerprint density at radius 2 is 2.19 bits per heavy atom. The zero-order valence-corrected chi connectivity index (χ0v) is 9.22. The van der Waals surface area contributed by atoms with Crippen LogP contribution in [0.3, 0.4) is 0 Å². The Morgan fingerprint density at radius 1 is 1.62 bits per heavy atom. The van der Waals surface area contributed by atoms with E-state index in [4.69, 9.17) is 11.6 Å². The van der Waals surface area contributed by atoms with Gasteiger partial charge in [0, 0.05) is 13.2 Å². The largest absolute Gasteiger partial charge is 0.464 e. The summed E-state index contributed by atoms with van der Waals surface area (Å²) in [5.41, 5.74) is -0.937. The van der Waals surface area contributed by atoms with Crippen LogP contribution in [0.5, 0.6) is 0 Å². The second-order valence-corrected chi connectivity index (χ2v) is 3.43. The third-order valence-electron chi connectivity index (χ3n) is 2.01. The Labute approximate surface area is 94.7 Å². The van der Waals surface area contributed by atoms with Crippen LogP contribution < -0.4 is 0 Å². The lowest BCUT2D eigenvalue weighted by atomic mass is 10.2. The summed E-state index contributed by atoms with van der Waals surface area (Å²) in [5, 5.41) is -0.480. The number of alkyl halides is 2. The highest BCUT2D eigenvalue weighted by Gasteiger charge is 2.37. The zero-order chi connectivity index (χ0) is 12.5. The van der Waals surface area contributed by atoms with Gasteiger partial charge in [-0.25, -0.2) is 4.79 Å². The summed E-state index contributed by atoms with van der Waals surface area (Å²) < 4.78 is 31.6. The Kier molecular flexibility index (Phi) is 3.32. The smallest absolute Gasteiger partial charge is 0.356 e. The van der Waals surface area contributed by atoms with Crippen LogP contribution in [-0.4, -0.2) is 23.9 Å². The summed E-state index contributed by atoms with van der Waals surface area (Å²) >= 11 is 5.61. The van der Waals surface area contributed by atoms with E-state index in [0.29, 0.717) is 0 Å². The SMILES string of the molecule is COC(=O)c1c(Cl)c(C(F)(F)C=O)cn1C. The lowest BCUT2D eigenvalue weighted by molar-refractivity contribution is -0.130. The number of methoxy groups -OCH3 is 1. The van der Waals surface area contributed by atoms with Crippen molar-refractivity contribution in [3.63, 3.8) is 0 Å². The molecule has 16 heavy (non-hydrogen) atoms. The molecule has 0 spiro atoms. The topological polar surface area (TPSA) is 48.3 Å². The molecule has 88 valence electrons. The van der Waals surface area contributed by atoms with Crippen molar-refractivity contribution in [1.29, 1.82) is 0 Å². The molecule has 1 rings (SSSR count). The molecule has 0 N–H and O–H groups in total. The Morgan fingerprint density at radius 3 is 2.62 bits per heavy atom. The van der Waals surface area contributed by atoms with Gasteiger partial charge in [0.1, 0.15) is 5.69 Å². The average molecular weight is 252 g/mol. The molecule has 0 aliphatic carbocycles. The molecule has 0 saturated heterocycles. The van der Waals surface area contributed by atoms with Crippen molar-refractivity contribution in [2.24, 2.45) is 7.05 Å². The molecular weight excluding hydrogens is 244 g/mol. The van der Waals surface area contributed by atoms with E-state index in [9.17, 15) is 18.4 Å². The first-order chi connectivity index (χ1) is 7.35. The molecule has 1 aromatic rings. The van der Waals surface area contributed by atoms with Gasteiger partial charge in [-0.2, -0.15) is 8.78 Å². The summed E-state index contributed by atoms with van der Waals surface area (Å²) in [7, 11) is 2.45. The highest BCUT2D eigenvalue weighted by molar-refractivity contribution is 6.34. The molecule has 0 radical (unpaired) electrons. The normalized spacial score (nSPS) is 11.3. The number of hydrogen-bond acceptors (Lipinski definition) is 3. The third-order valence-corrected chi connectivity index (χ3v) is 2.39. The molecule has 0 saturated carbocycles. The van der Waals surface area contributed by atoms with Gasteiger partial charge in [0.15, 0.2) is 6.29 Å². The highest BCUT2D eigenvalue weighted by atomic mass is 35.5. The number of aromatic nitrogens is 1. The molecule has 0 fully saturated rings. The fraction of sp³-hybridized carbons (Fsp3) is 0.333. The summed E-state index contributed by atoms with van der Waals surface area (Å²) in [6, 6.07) is 0. The van der Waals surface area contributed by atoms with E-state index in [-0.39, 0.29) is 5.69 Å². The number of ether oxygens (including phenoxy) is 1. The predicted octanol–water partition coefficient (Wildman–Crippen LogP) is 1.76. The number of esters is 1. The Balaban J connectivity index is 3.38. The maximum atomic E-state index is 13.1. The van der Waals surface area contributed by atoms with Gasteiger partial charge in [0.25, 0.3) is 0 Å². The van der Waals surface area contributed by atoms with Crippen molar-refractivity contribution in [3.05, 3.63) is 22.5 Å². The highest BCUT2D eigenvalue weighted by Crippen LogP contribution is 2.35. The maximum Gasteiger partial charge on any atom is 0.356 e. The molecule has 1 heterocycles. The molecule has 4 nitrogen and oxygen atoms in total. The van der Waals surface area contributed by atoms with Gasteiger partial charge < -0.3 is 9.30 Å². The molecule has 7 heteroatoms.